The molecule has 230 valence electrons. The Kier molecular flexibility index (Phi) is 8.50. The monoisotopic (exact) mass is 605 g/mol. The number of sulfone groups is 1. The van der Waals surface area contributed by atoms with Crippen LogP contribution in [0.4, 0.5) is 0 Å². The van der Waals surface area contributed by atoms with Crippen molar-refractivity contribution < 1.29 is 22.7 Å². The molecule has 0 spiro atoms. The molecule has 0 radical (unpaired) electrons. The number of carbonyl (C=O) groups is 2. The van der Waals surface area contributed by atoms with Crippen LogP contribution in [0.1, 0.15) is 49.7 Å². The van der Waals surface area contributed by atoms with E-state index in [0.29, 0.717) is 19.0 Å². The van der Waals surface area contributed by atoms with Crippen molar-refractivity contribution in [1.82, 2.24) is 14.7 Å². The Hall–Kier alpha value is -3.01. The average molecular weight is 606 g/mol. The van der Waals surface area contributed by atoms with E-state index in [0.717, 1.165) is 69.3 Å². The van der Waals surface area contributed by atoms with Crippen LogP contribution < -0.4 is 0 Å². The number of fused-ring (bicyclic) bond motifs is 1. The van der Waals surface area contributed by atoms with Crippen molar-refractivity contribution in [3.8, 4) is 0 Å². The van der Waals surface area contributed by atoms with Crippen LogP contribution in [0.5, 0.6) is 0 Å². The molecule has 3 atom stereocenters. The van der Waals surface area contributed by atoms with E-state index in [1.54, 1.807) is 30.3 Å². The standard InChI is InChI=1S/C34H43N3O5S/c1-3-19-37(31(38)22-25-13-15-29(16-14-25)43(2,40)41)28-17-20-35(21-18-28)33-30-23-36(32(39)26-9-7-8-10-26)24-34(30,42-33)27-11-5-4-6-12-27/h3-6,11-16,26,28,30,33H,1,7-10,17-24H2,2H3/t30-,33?,34+/m1/s1. The van der Waals surface area contributed by atoms with Gasteiger partial charge in [0.25, 0.3) is 0 Å². The van der Waals surface area contributed by atoms with E-state index in [1.807, 2.05) is 11.0 Å². The number of hydrogen-bond donors (Lipinski definition) is 0. The van der Waals surface area contributed by atoms with Gasteiger partial charge in [0.05, 0.1) is 23.8 Å². The summed E-state index contributed by atoms with van der Waals surface area (Å²) < 4.78 is 30.4. The fraction of sp³-hybridized carbons (Fsp3) is 0.529. The molecular formula is C34H43N3O5S. The Labute approximate surface area is 255 Å². The van der Waals surface area contributed by atoms with Crippen LogP contribution >= 0.6 is 0 Å². The first-order valence-electron chi connectivity index (χ1n) is 15.6. The molecule has 3 aliphatic heterocycles. The number of rotatable bonds is 9. The molecule has 43 heavy (non-hydrogen) atoms. The number of nitrogens with zero attached hydrogens (tertiary/aromatic N) is 3. The van der Waals surface area contributed by atoms with Gasteiger partial charge < -0.3 is 14.5 Å². The summed E-state index contributed by atoms with van der Waals surface area (Å²) in [6.07, 6.45) is 9.10. The van der Waals surface area contributed by atoms with Crippen molar-refractivity contribution in [1.29, 1.82) is 0 Å². The molecule has 2 amide bonds. The molecule has 1 unspecified atom stereocenters. The van der Waals surface area contributed by atoms with E-state index in [1.165, 1.54) is 6.26 Å². The number of ether oxygens (including phenoxy) is 1. The van der Waals surface area contributed by atoms with Gasteiger partial charge in [-0.3, -0.25) is 14.5 Å². The molecule has 4 fully saturated rings. The van der Waals surface area contributed by atoms with Gasteiger partial charge in [0, 0.05) is 44.4 Å². The van der Waals surface area contributed by atoms with Gasteiger partial charge in [-0.15, -0.1) is 6.58 Å². The Morgan fingerprint density at radius 1 is 1.02 bits per heavy atom. The molecule has 6 rings (SSSR count). The second-order valence-corrected chi connectivity index (χ2v) is 14.8. The van der Waals surface area contributed by atoms with Crippen LogP contribution in [0.3, 0.4) is 0 Å². The molecule has 9 heteroatoms. The van der Waals surface area contributed by atoms with E-state index in [4.69, 9.17) is 4.74 Å². The lowest BCUT2D eigenvalue weighted by molar-refractivity contribution is -0.300. The highest BCUT2D eigenvalue weighted by Crippen LogP contribution is 2.54. The Bertz CT molecular complexity index is 1430. The van der Waals surface area contributed by atoms with Gasteiger partial charge in [0.1, 0.15) is 11.8 Å². The van der Waals surface area contributed by atoms with Gasteiger partial charge >= 0.3 is 0 Å². The van der Waals surface area contributed by atoms with Crippen molar-refractivity contribution in [3.05, 3.63) is 78.4 Å². The van der Waals surface area contributed by atoms with Gasteiger partial charge in [0.15, 0.2) is 9.84 Å². The summed E-state index contributed by atoms with van der Waals surface area (Å²) in [5.41, 5.74) is 1.50. The number of carbonyl (C=O) groups excluding carboxylic acids is 2. The van der Waals surface area contributed by atoms with Crippen LogP contribution in [-0.4, -0.2) is 86.2 Å². The van der Waals surface area contributed by atoms with Gasteiger partial charge in [-0.2, -0.15) is 0 Å². The first-order valence-corrected chi connectivity index (χ1v) is 17.5. The van der Waals surface area contributed by atoms with Crippen LogP contribution in [0.2, 0.25) is 0 Å². The lowest BCUT2D eigenvalue weighted by atomic mass is 9.76. The first kappa shape index (κ1) is 30.0. The van der Waals surface area contributed by atoms with Gasteiger partial charge in [-0.25, -0.2) is 8.42 Å². The summed E-state index contributed by atoms with van der Waals surface area (Å²) in [7, 11) is -3.28. The predicted molar refractivity (Wildman–Crippen MR) is 165 cm³/mol. The van der Waals surface area contributed by atoms with Gasteiger partial charge in [-0.05, 0) is 48.9 Å². The summed E-state index contributed by atoms with van der Waals surface area (Å²) in [6.45, 7) is 7.35. The maximum Gasteiger partial charge on any atom is 0.227 e. The largest absolute Gasteiger partial charge is 0.349 e. The maximum atomic E-state index is 13.4. The number of likely N-dealkylation sites (tertiary alicyclic amines) is 2. The summed E-state index contributed by atoms with van der Waals surface area (Å²) in [4.78, 5) is 33.5. The minimum atomic E-state index is -3.28. The zero-order chi connectivity index (χ0) is 30.2. The van der Waals surface area contributed by atoms with Gasteiger partial charge in [0.2, 0.25) is 11.8 Å². The SMILES string of the molecule is C=CCN(C(=O)Cc1ccc(S(C)(=O)=O)cc1)C1CCN(C2O[C@]3(c4ccccc4)CN(C(=O)C4CCCC4)C[C@H]23)CC1. The molecule has 2 aromatic carbocycles. The molecule has 0 bridgehead atoms. The first-order chi connectivity index (χ1) is 20.7. The Balaban J connectivity index is 1.10. The summed E-state index contributed by atoms with van der Waals surface area (Å²) in [5.74, 6) is 0.696. The third-order valence-electron chi connectivity index (χ3n) is 10.0. The lowest BCUT2D eigenvalue weighted by Gasteiger charge is -2.55. The van der Waals surface area contributed by atoms with Crippen molar-refractivity contribution in [2.75, 3.05) is 39.0 Å². The third-order valence-corrected chi connectivity index (χ3v) is 11.2. The third kappa shape index (κ3) is 5.91. The molecule has 1 aliphatic carbocycles. The minimum Gasteiger partial charge on any atom is -0.349 e. The number of hydrogen-bond acceptors (Lipinski definition) is 6. The van der Waals surface area contributed by atoms with E-state index in [-0.39, 0.29) is 41.3 Å². The molecular weight excluding hydrogens is 562 g/mol. The number of piperidine rings is 1. The van der Waals surface area contributed by atoms with Crippen molar-refractivity contribution >= 4 is 21.7 Å². The molecule has 3 saturated heterocycles. The molecule has 0 N–H and O–H groups in total. The molecule has 3 heterocycles. The van der Waals surface area contributed by atoms with Crippen LogP contribution in [-0.2, 0) is 36.2 Å². The Morgan fingerprint density at radius 2 is 1.70 bits per heavy atom. The van der Waals surface area contributed by atoms with E-state index in [2.05, 4.69) is 40.6 Å². The molecule has 0 aromatic heterocycles. The van der Waals surface area contributed by atoms with Gasteiger partial charge in [-0.1, -0.05) is 61.4 Å². The second-order valence-electron chi connectivity index (χ2n) is 12.8. The highest BCUT2D eigenvalue weighted by atomic mass is 32.2. The zero-order valence-electron chi connectivity index (χ0n) is 25.1. The molecule has 4 aliphatic rings. The average Bonchev–Trinajstić information content (AvgIpc) is 3.64. The number of benzene rings is 2. The quantitative estimate of drug-likeness (QED) is 0.402. The minimum absolute atomic E-state index is 0.0188. The van der Waals surface area contributed by atoms with Crippen molar-refractivity contribution in [2.24, 2.45) is 11.8 Å². The second kappa shape index (κ2) is 12.2. The lowest BCUT2D eigenvalue weighted by Crippen LogP contribution is -2.65. The fourth-order valence-electron chi connectivity index (χ4n) is 7.72. The normalized spacial score (nSPS) is 26.6. The highest BCUT2D eigenvalue weighted by Gasteiger charge is 2.64. The summed E-state index contributed by atoms with van der Waals surface area (Å²) in [6, 6.07) is 17.1. The predicted octanol–water partition coefficient (Wildman–Crippen LogP) is 4.01. The van der Waals surface area contributed by atoms with Crippen LogP contribution in [0.15, 0.2) is 72.1 Å². The van der Waals surface area contributed by atoms with Crippen molar-refractivity contribution in [3.63, 3.8) is 0 Å². The molecule has 8 nitrogen and oxygen atoms in total. The van der Waals surface area contributed by atoms with E-state index in [9.17, 15) is 18.0 Å². The maximum absolute atomic E-state index is 13.4. The molecule has 1 saturated carbocycles. The van der Waals surface area contributed by atoms with Crippen molar-refractivity contribution in [2.45, 2.75) is 67.7 Å². The highest BCUT2D eigenvalue weighted by molar-refractivity contribution is 7.90. The smallest absolute Gasteiger partial charge is 0.227 e. The molecule has 2 aromatic rings. The topological polar surface area (TPSA) is 87.2 Å². The fourth-order valence-corrected chi connectivity index (χ4v) is 8.35. The number of amides is 2. The van der Waals surface area contributed by atoms with E-state index < -0.39 is 15.4 Å². The summed E-state index contributed by atoms with van der Waals surface area (Å²) >= 11 is 0. The van der Waals surface area contributed by atoms with Crippen LogP contribution in [0.25, 0.3) is 0 Å². The summed E-state index contributed by atoms with van der Waals surface area (Å²) in [5, 5.41) is 0. The zero-order valence-corrected chi connectivity index (χ0v) is 25.9. The van der Waals surface area contributed by atoms with Crippen LogP contribution in [0, 0.1) is 11.8 Å². The Morgan fingerprint density at radius 3 is 2.33 bits per heavy atom. The van der Waals surface area contributed by atoms with E-state index >= 15 is 0 Å².